The van der Waals surface area contributed by atoms with Crippen molar-refractivity contribution in [3.8, 4) is 0 Å². The molecule has 2 aliphatic rings. The molecule has 150 valence electrons. The summed E-state index contributed by atoms with van der Waals surface area (Å²) < 4.78 is 0. The van der Waals surface area contributed by atoms with E-state index >= 15 is 0 Å². The molecule has 0 spiro atoms. The maximum absolute atomic E-state index is 13.1. The number of benzene rings is 1. The van der Waals surface area contributed by atoms with Gasteiger partial charge in [-0.15, -0.1) is 0 Å². The van der Waals surface area contributed by atoms with Gasteiger partial charge in [0.1, 0.15) is 6.04 Å². The molecule has 2 amide bonds. The van der Waals surface area contributed by atoms with Crippen molar-refractivity contribution in [2.45, 2.75) is 50.7 Å². The zero-order valence-electron chi connectivity index (χ0n) is 16.5. The van der Waals surface area contributed by atoms with E-state index in [-0.39, 0.29) is 17.9 Å². The van der Waals surface area contributed by atoms with E-state index in [1.807, 2.05) is 59.5 Å². The Bertz CT molecular complexity index is 866. The van der Waals surface area contributed by atoms with Crippen LogP contribution in [-0.4, -0.2) is 33.8 Å². The van der Waals surface area contributed by atoms with E-state index in [1.165, 1.54) is 6.42 Å². The topological polar surface area (TPSA) is 62.3 Å². The average molecular weight is 389 g/mol. The summed E-state index contributed by atoms with van der Waals surface area (Å²) in [6.45, 7) is 0.382. The van der Waals surface area contributed by atoms with Gasteiger partial charge in [0, 0.05) is 18.3 Å². The second-order valence-electron chi connectivity index (χ2n) is 7.89. The van der Waals surface area contributed by atoms with Crippen molar-refractivity contribution in [2.75, 3.05) is 0 Å². The molecular weight excluding hydrogens is 362 g/mol. The number of nitrogens with one attached hydrogen (secondary N) is 1. The van der Waals surface area contributed by atoms with E-state index in [4.69, 9.17) is 0 Å². The lowest BCUT2D eigenvalue weighted by molar-refractivity contribution is -0.137. The lowest BCUT2D eigenvalue weighted by Gasteiger charge is -2.33. The molecule has 1 aromatic carbocycles. The number of hydrogen-bond acceptors (Lipinski definition) is 3. The Morgan fingerprint density at radius 1 is 1.07 bits per heavy atom. The van der Waals surface area contributed by atoms with Crippen LogP contribution >= 0.6 is 0 Å². The van der Waals surface area contributed by atoms with Crippen molar-refractivity contribution in [1.29, 1.82) is 0 Å². The SMILES string of the molecule is O=C(NCc1ccccn1)C1CC2CCCCC2N1C(=O)C=Cc1ccccc1. The van der Waals surface area contributed by atoms with Crippen LogP contribution in [0.1, 0.15) is 43.4 Å². The first-order valence-electron chi connectivity index (χ1n) is 10.5. The number of nitrogens with zero attached hydrogens (tertiary/aromatic N) is 2. The zero-order chi connectivity index (χ0) is 20.1. The van der Waals surface area contributed by atoms with E-state index < -0.39 is 6.04 Å². The van der Waals surface area contributed by atoms with Gasteiger partial charge in [0.25, 0.3) is 0 Å². The van der Waals surface area contributed by atoms with Crippen molar-refractivity contribution in [1.82, 2.24) is 15.2 Å². The number of rotatable bonds is 5. The average Bonchev–Trinajstić information content (AvgIpc) is 3.17. The smallest absolute Gasteiger partial charge is 0.247 e. The lowest BCUT2D eigenvalue weighted by Crippen LogP contribution is -2.49. The largest absolute Gasteiger partial charge is 0.349 e. The molecule has 1 saturated heterocycles. The van der Waals surface area contributed by atoms with Gasteiger partial charge in [-0.3, -0.25) is 14.6 Å². The third kappa shape index (κ3) is 4.56. The Balaban J connectivity index is 1.48. The molecule has 2 heterocycles. The third-order valence-electron chi connectivity index (χ3n) is 6.03. The van der Waals surface area contributed by atoms with Crippen LogP contribution in [-0.2, 0) is 16.1 Å². The van der Waals surface area contributed by atoms with E-state index in [2.05, 4.69) is 10.3 Å². The number of likely N-dealkylation sites (tertiary alicyclic amines) is 1. The Labute approximate surface area is 171 Å². The Morgan fingerprint density at radius 3 is 2.66 bits per heavy atom. The molecular formula is C24H27N3O2. The summed E-state index contributed by atoms with van der Waals surface area (Å²) >= 11 is 0. The Morgan fingerprint density at radius 2 is 1.86 bits per heavy atom. The van der Waals surface area contributed by atoms with Gasteiger partial charge in [-0.05, 0) is 49.0 Å². The van der Waals surface area contributed by atoms with Crippen LogP contribution in [0.4, 0.5) is 0 Å². The van der Waals surface area contributed by atoms with E-state index in [0.29, 0.717) is 12.5 Å². The number of pyridine rings is 1. The van der Waals surface area contributed by atoms with Crippen molar-refractivity contribution < 1.29 is 9.59 Å². The van der Waals surface area contributed by atoms with Crippen molar-refractivity contribution in [3.05, 3.63) is 72.1 Å². The van der Waals surface area contributed by atoms with Gasteiger partial charge in [0.05, 0.1) is 12.2 Å². The van der Waals surface area contributed by atoms with Crippen LogP contribution in [0.5, 0.6) is 0 Å². The number of carbonyl (C=O) groups excluding carboxylic acids is 2. The fourth-order valence-electron chi connectivity index (χ4n) is 4.63. The summed E-state index contributed by atoms with van der Waals surface area (Å²) in [5, 5.41) is 2.99. The number of carbonyl (C=O) groups is 2. The number of fused-ring (bicyclic) bond motifs is 1. The normalized spacial score (nSPS) is 23.7. The van der Waals surface area contributed by atoms with Crippen molar-refractivity contribution in [3.63, 3.8) is 0 Å². The van der Waals surface area contributed by atoms with Gasteiger partial charge in [0.15, 0.2) is 0 Å². The van der Waals surface area contributed by atoms with E-state index in [9.17, 15) is 9.59 Å². The molecule has 5 heteroatoms. The second kappa shape index (κ2) is 9.03. The minimum atomic E-state index is -0.403. The Kier molecular flexibility index (Phi) is 6.03. The summed E-state index contributed by atoms with van der Waals surface area (Å²) in [6, 6.07) is 15.2. The summed E-state index contributed by atoms with van der Waals surface area (Å²) in [6.07, 6.45) is 10.3. The van der Waals surface area contributed by atoms with Crippen LogP contribution in [0.25, 0.3) is 6.08 Å². The lowest BCUT2D eigenvalue weighted by atomic mass is 9.84. The highest BCUT2D eigenvalue weighted by Gasteiger charge is 2.46. The van der Waals surface area contributed by atoms with Crippen LogP contribution in [0.2, 0.25) is 0 Å². The molecule has 3 unspecified atom stereocenters. The molecule has 1 saturated carbocycles. The molecule has 2 fully saturated rings. The highest BCUT2D eigenvalue weighted by atomic mass is 16.2. The highest BCUT2D eigenvalue weighted by Crippen LogP contribution is 2.40. The van der Waals surface area contributed by atoms with Crippen LogP contribution in [0.3, 0.4) is 0 Å². The van der Waals surface area contributed by atoms with E-state index in [0.717, 1.165) is 36.9 Å². The second-order valence-corrected chi connectivity index (χ2v) is 7.89. The zero-order valence-corrected chi connectivity index (χ0v) is 16.5. The summed E-state index contributed by atoms with van der Waals surface area (Å²) in [5.41, 5.74) is 1.80. The number of hydrogen-bond donors (Lipinski definition) is 1. The third-order valence-corrected chi connectivity index (χ3v) is 6.03. The molecule has 29 heavy (non-hydrogen) atoms. The molecule has 1 aromatic heterocycles. The predicted octanol–water partition coefficient (Wildman–Crippen LogP) is 3.57. The summed E-state index contributed by atoms with van der Waals surface area (Å²) in [4.78, 5) is 32.2. The van der Waals surface area contributed by atoms with Gasteiger partial charge >= 0.3 is 0 Å². The van der Waals surface area contributed by atoms with Crippen LogP contribution in [0, 0.1) is 5.92 Å². The quantitative estimate of drug-likeness (QED) is 0.795. The van der Waals surface area contributed by atoms with Gasteiger partial charge in [-0.1, -0.05) is 49.2 Å². The molecule has 2 aromatic rings. The fourth-order valence-corrected chi connectivity index (χ4v) is 4.63. The van der Waals surface area contributed by atoms with Gasteiger partial charge in [-0.25, -0.2) is 0 Å². The molecule has 3 atom stereocenters. The van der Waals surface area contributed by atoms with Gasteiger partial charge in [-0.2, -0.15) is 0 Å². The standard InChI is InChI=1S/C24H27N3O2/c28-23(14-13-18-8-2-1-3-9-18)27-21-12-5-4-10-19(21)16-22(27)24(29)26-17-20-11-6-7-15-25-20/h1-3,6-9,11,13-15,19,21-22H,4-5,10,12,16-17H2,(H,26,29). The first-order valence-corrected chi connectivity index (χ1v) is 10.5. The van der Waals surface area contributed by atoms with Crippen molar-refractivity contribution >= 4 is 17.9 Å². The highest BCUT2D eigenvalue weighted by molar-refractivity contribution is 5.96. The fraction of sp³-hybridized carbons (Fsp3) is 0.375. The molecule has 4 rings (SSSR count). The van der Waals surface area contributed by atoms with E-state index in [1.54, 1.807) is 12.3 Å². The Hall–Kier alpha value is -2.95. The molecule has 0 radical (unpaired) electrons. The molecule has 5 nitrogen and oxygen atoms in total. The van der Waals surface area contributed by atoms with Gasteiger partial charge in [0.2, 0.25) is 11.8 Å². The number of aromatic nitrogens is 1. The van der Waals surface area contributed by atoms with Crippen LogP contribution < -0.4 is 5.32 Å². The minimum absolute atomic E-state index is 0.0683. The maximum atomic E-state index is 13.1. The summed E-state index contributed by atoms with van der Waals surface area (Å²) in [7, 11) is 0. The molecule has 1 aliphatic heterocycles. The van der Waals surface area contributed by atoms with Gasteiger partial charge < -0.3 is 10.2 Å². The molecule has 1 aliphatic carbocycles. The number of amides is 2. The summed E-state index contributed by atoms with van der Waals surface area (Å²) in [5.74, 6) is 0.274. The van der Waals surface area contributed by atoms with Crippen molar-refractivity contribution in [2.24, 2.45) is 5.92 Å². The molecule has 0 bridgehead atoms. The van der Waals surface area contributed by atoms with Crippen LogP contribution in [0.15, 0.2) is 60.8 Å². The monoisotopic (exact) mass is 389 g/mol. The first-order chi connectivity index (χ1) is 14.2. The maximum Gasteiger partial charge on any atom is 0.247 e. The molecule has 1 N–H and O–H groups in total. The first kappa shape index (κ1) is 19.4. The minimum Gasteiger partial charge on any atom is -0.349 e. The predicted molar refractivity (Wildman–Crippen MR) is 113 cm³/mol.